The van der Waals surface area contributed by atoms with E-state index < -0.39 is 0 Å². The van der Waals surface area contributed by atoms with Crippen LogP contribution in [0.5, 0.6) is 0 Å². The van der Waals surface area contributed by atoms with Crippen LogP contribution in [0.25, 0.3) is 0 Å². The van der Waals surface area contributed by atoms with Crippen LogP contribution in [-0.4, -0.2) is 43.8 Å². The molecule has 106 valence electrons. The van der Waals surface area contributed by atoms with Gasteiger partial charge in [-0.15, -0.1) is 11.3 Å². The van der Waals surface area contributed by atoms with Crippen LogP contribution in [-0.2, 0) is 4.74 Å². The molecule has 1 unspecified atom stereocenters. The Balaban J connectivity index is 1.61. The van der Waals surface area contributed by atoms with Crippen LogP contribution in [0.15, 0.2) is 17.5 Å². The lowest BCUT2D eigenvalue weighted by atomic mass is 10.1. The van der Waals surface area contributed by atoms with Crippen LogP contribution in [0.2, 0.25) is 0 Å². The normalized spacial score (nSPS) is 23.8. The third kappa shape index (κ3) is 3.57. The second kappa shape index (κ2) is 6.84. The summed E-state index contributed by atoms with van der Waals surface area (Å²) in [6.45, 7) is 4.98. The van der Waals surface area contributed by atoms with Gasteiger partial charge in [-0.25, -0.2) is 0 Å². The van der Waals surface area contributed by atoms with Crippen molar-refractivity contribution < 1.29 is 4.74 Å². The Morgan fingerprint density at radius 3 is 2.79 bits per heavy atom. The molecule has 3 nitrogen and oxygen atoms in total. The fraction of sp³-hybridized carbons (Fsp3) is 0.733. The van der Waals surface area contributed by atoms with Gasteiger partial charge in [0.05, 0.1) is 19.3 Å². The quantitative estimate of drug-likeness (QED) is 0.897. The maximum absolute atomic E-state index is 5.49. The van der Waals surface area contributed by atoms with Gasteiger partial charge in [0.2, 0.25) is 0 Å². The summed E-state index contributed by atoms with van der Waals surface area (Å²) in [7, 11) is 0. The third-order valence-corrected chi connectivity index (χ3v) is 5.29. The highest BCUT2D eigenvalue weighted by Gasteiger charge is 2.24. The highest BCUT2D eigenvalue weighted by molar-refractivity contribution is 7.10. The minimum Gasteiger partial charge on any atom is -0.379 e. The molecule has 0 aromatic carbocycles. The van der Waals surface area contributed by atoms with Crippen molar-refractivity contribution in [2.45, 2.75) is 37.8 Å². The molecule has 1 aromatic heterocycles. The number of rotatable bonds is 5. The molecule has 2 fully saturated rings. The van der Waals surface area contributed by atoms with Crippen molar-refractivity contribution in [3.63, 3.8) is 0 Å². The SMILES string of the molecule is c1csc(C(CNC2CCCC2)N2CCOCC2)c1. The first-order chi connectivity index (χ1) is 9.43. The first kappa shape index (κ1) is 13.6. The first-order valence-corrected chi connectivity index (χ1v) is 8.40. The highest BCUT2D eigenvalue weighted by atomic mass is 32.1. The van der Waals surface area contributed by atoms with Crippen LogP contribution < -0.4 is 5.32 Å². The van der Waals surface area contributed by atoms with E-state index in [0.29, 0.717) is 6.04 Å². The lowest BCUT2D eigenvalue weighted by Crippen LogP contribution is -2.44. The van der Waals surface area contributed by atoms with Gasteiger partial charge >= 0.3 is 0 Å². The predicted octanol–water partition coefficient (Wildman–Crippen LogP) is 2.65. The fourth-order valence-corrected chi connectivity index (χ4v) is 4.05. The molecule has 19 heavy (non-hydrogen) atoms. The van der Waals surface area contributed by atoms with Crippen LogP contribution in [0.3, 0.4) is 0 Å². The van der Waals surface area contributed by atoms with Crippen LogP contribution in [0.1, 0.15) is 36.6 Å². The topological polar surface area (TPSA) is 24.5 Å². The van der Waals surface area contributed by atoms with E-state index in [9.17, 15) is 0 Å². The second-order valence-electron chi connectivity index (χ2n) is 5.57. The van der Waals surface area contributed by atoms with E-state index in [1.54, 1.807) is 0 Å². The molecule has 1 aliphatic heterocycles. The maximum atomic E-state index is 5.49. The van der Waals surface area contributed by atoms with E-state index in [0.717, 1.165) is 38.9 Å². The van der Waals surface area contributed by atoms with Crippen molar-refractivity contribution in [1.82, 2.24) is 10.2 Å². The lowest BCUT2D eigenvalue weighted by molar-refractivity contribution is 0.0164. The van der Waals surface area contributed by atoms with Crippen molar-refractivity contribution in [3.8, 4) is 0 Å². The average molecular weight is 280 g/mol. The number of morpholine rings is 1. The monoisotopic (exact) mass is 280 g/mol. The maximum Gasteiger partial charge on any atom is 0.0594 e. The molecule has 0 spiro atoms. The van der Waals surface area contributed by atoms with Crippen LogP contribution in [0.4, 0.5) is 0 Å². The number of hydrogen-bond acceptors (Lipinski definition) is 4. The molecule has 1 aromatic rings. The van der Waals surface area contributed by atoms with E-state index in [2.05, 4.69) is 27.7 Å². The summed E-state index contributed by atoms with van der Waals surface area (Å²) in [6.07, 6.45) is 5.53. The summed E-state index contributed by atoms with van der Waals surface area (Å²) in [5.41, 5.74) is 0. The Bertz CT molecular complexity index is 356. The summed E-state index contributed by atoms with van der Waals surface area (Å²) >= 11 is 1.88. The highest BCUT2D eigenvalue weighted by Crippen LogP contribution is 2.26. The van der Waals surface area contributed by atoms with Gasteiger partial charge in [0.15, 0.2) is 0 Å². The molecule has 0 radical (unpaired) electrons. The number of hydrogen-bond donors (Lipinski definition) is 1. The van der Waals surface area contributed by atoms with Gasteiger partial charge in [0.25, 0.3) is 0 Å². The largest absolute Gasteiger partial charge is 0.379 e. The molecule has 0 bridgehead atoms. The molecule has 1 N–H and O–H groups in total. The van der Waals surface area contributed by atoms with E-state index in [1.165, 1.54) is 30.6 Å². The smallest absolute Gasteiger partial charge is 0.0594 e. The lowest BCUT2D eigenvalue weighted by Gasteiger charge is -2.34. The van der Waals surface area contributed by atoms with E-state index in [4.69, 9.17) is 4.74 Å². The molecular weight excluding hydrogens is 256 g/mol. The third-order valence-electron chi connectivity index (χ3n) is 4.31. The standard InChI is InChI=1S/C15H24N2OS/c1-2-5-13(4-1)16-12-14(15-6-3-11-19-15)17-7-9-18-10-8-17/h3,6,11,13-14,16H,1-2,4-5,7-10,12H2. The van der Waals surface area contributed by atoms with E-state index in [1.807, 2.05) is 11.3 Å². The molecule has 1 atom stereocenters. The Hall–Kier alpha value is -0.420. The number of ether oxygens (including phenoxy) is 1. The van der Waals surface area contributed by atoms with Crippen molar-refractivity contribution >= 4 is 11.3 Å². The average Bonchev–Trinajstić information content (AvgIpc) is 3.13. The van der Waals surface area contributed by atoms with Gasteiger partial charge in [0, 0.05) is 30.6 Å². The van der Waals surface area contributed by atoms with Crippen molar-refractivity contribution in [2.24, 2.45) is 0 Å². The molecule has 1 saturated carbocycles. The summed E-state index contributed by atoms with van der Waals surface area (Å²) in [5.74, 6) is 0. The van der Waals surface area contributed by atoms with Crippen LogP contribution in [0, 0.1) is 0 Å². The molecule has 4 heteroatoms. The van der Waals surface area contributed by atoms with Gasteiger partial charge in [-0.2, -0.15) is 0 Å². The van der Waals surface area contributed by atoms with Crippen molar-refractivity contribution in [3.05, 3.63) is 22.4 Å². The molecule has 2 heterocycles. The molecule has 2 aliphatic rings. The minimum atomic E-state index is 0.532. The minimum absolute atomic E-state index is 0.532. The number of nitrogens with zero attached hydrogens (tertiary/aromatic N) is 1. The first-order valence-electron chi connectivity index (χ1n) is 7.52. The van der Waals surface area contributed by atoms with Gasteiger partial charge in [0.1, 0.15) is 0 Å². The molecular formula is C15H24N2OS. The van der Waals surface area contributed by atoms with Gasteiger partial charge in [-0.05, 0) is 24.3 Å². The summed E-state index contributed by atoms with van der Waals surface area (Å²) in [6, 6.07) is 5.73. The van der Waals surface area contributed by atoms with E-state index in [-0.39, 0.29) is 0 Å². The fourth-order valence-electron chi connectivity index (χ4n) is 3.19. The summed E-state index contributed by atoms with van der Waals surface area (Å²) < 4.78 is 5.49. The van der Waals surface area contributed by atoms with Crippen molar-refractivity contribution in [1.29, 1.82) is 0 Å². The molecule has 1 saturated heterocycles. The molecule has 1 aliphatic carbocycles. The second-order valence-corrected chi connectivity index (χ2v) is 6.55. The van der Waals surface area contributed by atoms with Gasteiger partial charge < -0.3 is 10.1 Å². The Kier molecular flexibility index (Phi) is 4.88. The summed E-state index contributed by atoms with van der Waals surface area (Å²) in [4.78, 5) is 4.07. The zero-order chi connectivity index (χ0) is 12.9. The molecule has 0 amide bonds. The Morgan fingerprint density at radius 1 is 1.32 bits per heavy atom. The summed E-state index contributed by atoms with van der Waals surface area (Å²) in [5, 5.41) is 5.98. The number of nitrogens with one attached hydrogen (secondary N) is 1. The van der Waals surface area contributed by atoms with E-state index >= 15 is 0 Å². The van der Waals surface area contributed by atoms with Crippen molar-refractivity contribution in [2.75, 3.05) is 32.8 Å². The Labute approximate surface area is 119 Å². The van der Waals surface area contributed by atoms with Gasteiger partial charge in [-0.3, -0.25) is 4.90 Å². The molecule has 3 rings (SSSR count). The van der Waals surface area contributed by atoms with Gasteiger partial charge in [-0.1, -0.05) is 18.9 Å². The zero-order valence-corrected chi connectivity index (χ0v) is 12.3. The predicted molar refractivity (Wildman–Crippen MR) is 79.7 cm³/mol. The number of thiophene rings is 1. The Morgan fingerprint density at radius 2 is 2.11 bits per heavy atom. The zero-order valence-electron chi connectivity index (χ0n) is 11.5. The van der Waals surface area contributed by atoms with Crippen LogP contribution >= 0.6 is 11.3 Å².